The summed E-state index contributed by atoms with van der Waals surface area (Å²) in [5.41, 5.74) is 5.89. The molecule has 2 fully saturated rings. The van der Waals surface area contributed by atoms with Gasteiger partial charge in [-0.05, 0) is 74.9 Å². The van der Waals surface area contributed by atoms with Gasteiger partial charge in [0.05, 0.1) is 11.8 Å². The third-order valence-corrected chi connectivity index (χ3v) is 11.4. The molecular weight excluding hydrogens is 697 g/mol. The molecule has 2 saturated heterocycles. The Labute approximate surface area is 335 Å². The van der Waals surface area contributed by atoms with Crippen molar-refractivity contribution in [1.29, 1.82) is 0 Å². The summed E-state index contributed by atoms with van der Waals surface area (Å²) in [6.07, 6.45) is 15.6. The van der Waals surface area contributed by atoms with Crippen LogP contribution in [0.1, 0.15) is 89.9 Å². The fourth-order valence-electron chi connectivity index (χ4n) is 8.18. The van der Waals surface area contributed by atoms with E-state index in [2.05, 4.69) is 50.8 Å². The molecule has 0 aromatic heterocycles. The van der Waals surface area contributed by atoms with Crippen molar-refractivity contribution in [2.45, 2.75) is 109 Å². The van der Waals surface area contributed by atoms with Gasteiger partial charge in [0.2, 0.25) is 6.41 Å². The van der Waals surface area contributed by atoms with E-state index in [0.29, 0.717) is 0 Å². The number of rotatable bonds is 21. The van der Waals surface area contributed by atoms with Gasteiger partial charge < -0.3 is 29.7 Å². The molecule has 4 aromatic carbocycles. The number of unbranched alkanes of at least 4 members (excludes halogenated alkanes) is 9. The van der Waals surface area contributed by atoms with Crippen LogP contribution in [0.4, 0.5) is 16.2 Å². The molecule has 8 heteroatoms. The van der Waals surface area contributed by atoms with Gasteiger partial charge in [0.1, 0.15) is 6.10 Å². The average molecular weight is 761 g/mol. The summed E-state index contributed by atoms with van der Waals surface area (Å²) in [7, 11) is 0. The van der Waals surface area contributed by atoms with E-state index in [4.69, 9.17) is 9.47 Å². The zero-order valence-corrected chi connectivity index (χ0v) is 33.3. The Balaban J connectivity index is 0.719. The molecule has 3 N–H and O–H groups in total. The molecule has 2 heterocycles. The van der Waals surface area contributed by atoms with Gasteiger partial charge >= 0.3 is 6.09 Å². The number of aliphatic hydroxyl groups excluding tert-OH is 1. The fourth-order valence-corrected chi connectivity index (χ4v) is 8.18. The molecular formula is C48H64N4O4. The van der Waals surface area contributed by atoms with Gasteiger partial charge in [0, 0.05) is 43.0 Å². The number of benzene rings is 4. The number of anilines is 2. The van der Waals surface area contributed by atoms with Gasteiger partial charge in [-0.15, -0.1) is 0 Å². The molecule has 0 aliphatic carbocycles. The summed E-state index contributed by atoms with van der Waals surface area (Å²) in [6, 6.07) is 36.3. The molecule has 56 heavy (non-hydrogen) atoms. The normalized spacial score (nSPS) is 16.4. The molecule has 2 aliphatic rings. The standard InChI is InChI=1S/C48H64N4O4/c53-47(49-45-27-17-15-25-43(45)39-21-11-9-12-22-39)55-41-29-35-51(36-30-41)33-19-7-5-3-1-2-4-6-8-20-34-52-37-31-42(32-38-52)56-48(54)50-46-28-18-16-26-44(46)40-23-13-10-14-24-40/h9-18,21-28,41-42,47,49,53H,1-8,19-20,29-38H2,(H,50,54). The van der Waals surface area contributed by atoms with E-state index in [1.54, 1.807) is 0 Å². The maximum Gasteiger partial charge on any atom is 0.411 e. The predicted octanol–water partition coefficient (Wildman–Crippen LogP) is 10.8. The second-order valence-corrected chi connectivity index (χ2v) is 15.6. The molecule has 8 nitrogen and oxygen atoms in total. The number of aliphatic hydroxyl groups is 1. The zero-order chi connectivity index (χ0) is 38.6. The molecule has 0 spiro atoms. The monoisotopic (exact) mass is 760 g/mol. The van der Waals surface area contributed by atoms with E-state index in [9.17, 15) is 9.90 Å². The van der Waals surface area contributed by atoms with Gasteiger partial charge in [-0.1, -0.05) is 148 Å². The van der Waals surface area contributed by atoms with E-state index >= 15 is 0 Å². The van der Waals surface area contributed by atoms with Crippen molar-refractivity contribution in [3.63, 3.8) is 0 Å². The third-order valence-electron chi connectivity index (χ3n) is 11.4. The van der Waals surface area contributed by atoms with Crippen LogP contribution in [0.15, 0.2) is 109 Å². The van der Waals surface area contributed by atoms with Gasteiger partial charge in [-0.3, -0.25) is 5.32 Å². The number of carbonyl (C=O) groups is 1. The van der Waals surface area contributed by atoms with E-state index in [1.807, 2.05) is 78.9 Å². The number of hydrogen-bond acceptors (Lipinski definition) is 7. The minimum absolute atomic E-state index is 0.0209. The molecule has 300 valence electrons. The first kappa shape index (κ1) is 41.4. The summed E-state index contributed by atoms with van der Waals surface area (Å²) in [5, 5.41) is 16.8. The summed E-state index contributed by atoms with van der Waals surface area (Å²) in [4.78, 5) is 17.8. The van der Waals surface area contributed by atoms with Crippen molar-refractivity contribution < 1.29 is 19.4 Å². The van der Waals surface area contributed by atoms with Crippen molar-refractivity contribution in [2.24, 2.45) is 0 Å². The van der Waals surface area contributed by atoms with E-state index < -0.39 is 6.41 Å². The quantitative estimate of drug-likeness (QED) is 0.0576. The Morgan fingerprint density at radius 1 is 0.554 bits per heavy atom. The second kappa shape index (κ2) is 23.1. The Morgan fingerprint density at radius 2 is 0.964 bits per heavy atom. The summed E-state index contributed by atoms with van der Waals surface area (Å²) < 4.78 is 11.8. The SMILES string of the molecule is O=C(Nc1ccccc1-c1ccccc1)OC1CCN(CCCCCCCCCCCCN2CCC(OC(O)Nc3ccccc3-c3ccccc3)CC2)CC1. The highest BCUT2D eigenvalue weighted by Crippen LogP contribution is 2.30. The smallest absolute Gasteiger partial charge is 0.411 e. The van der Waals surface area contributed by atoms with Crippen LogP contribution >= 0.6 is 0 Å². The Hall–Kier alpha value is -4.21. The zero-order valence-electron chi connectivity index (χ0n) is 33.3. The number of nitrogens with zero attached hydrogens (tertiary/aromatic N) is 2. The van der Waals surface area contributed by atoms with Crippen LogP contribution in [0.25, 0.3) is 22.3 Å². The maximum atomic E-state index is 12.7. The lowest BCUT2D eigenvalue weighted by atomic mass is 10.0. The van der Waals surface area contributed by atoms with Crippen LogP contribution in [0.5, 0.6) is 0 Å². The highest BCUT2D eigenvalue weighted by molar-refractivity contribution is 5.91. The minimum atomic E-state index is -1.02. The van der Waals surface area contributed by atoms with Crippen LogP contribution in [0, 0.1) is 0 Å². The summed E-state index contributed by atoms with van der Waals surface area (Å²) >= 11 is 0. The topological polar surface area (TPSA) is 86.3 Å². The first-order valence-electron chi connectivity index (χ1n) is 21.4. The van der Waals surface area contributed by atoms with Gasteiger partial charge in [0.25, 0.3) is 0 Å². The largest absolute Gasteiger partial charge is 0.446 e. The fraction of sp³-hybridized carbons (Fsp3) is 0.479. The molecule has 0 saturated carbocycles. The van der Waals surface area contributed by atoms with Gasteiger partial charge in [-0.2, -0.15) is 0 Å². The van der Waals surface area contributed by atoms with E-state index in [1.165, 1.54) is 70.8 Å². The van der Waals surface area contributed by atoms with Crippen molar-refractivity contribution in [2.75, 3.05) is 49.9 Å². The second-order valence-electron chi connectivity index (χ2n) is 15.6. The number of para-hydroxylation sites is 2. The highest BCUT2D eigenvalue weighted by atomic mass is 16.6. The van der Waals surface area contributed by atoms with Gasteiger partial charge in [-0.25, -0.2) is 4.79 Å². The lowest BCUT2D eigenvalue weighted by Crippen LogP contribution is -2.40. The molecule has 4 aromatic rings. The molecule has 2 aliphatic heterocycles. The molecule has 6 rings (SSSR count). The van der Waals surface area contributed by atoms with Crippen LogP contribution < -0.4 is 10.6 Å². The van der Waals surface area contributed by atoms with E-state index in [-0.39, 0.29) is 18.3 Å². The van der Waals surface area contributed by atoms with Crippen molar-refractivity contribution in [1.82, 2.24) is 9.80 Å². The number of amides is 1. The number of likely N-dealkylation sites (tertiary alicyclic amines) is 2. The van der Waals surface area contributed by atoms with Crippen LogP contribution in [-0.2, 0) is 9.47 Å². The lowest BCUT2D eigenvalue weighted by Gasteiger charge is -2.33. The van der Waals surface area contributed by atoms with Crippen molar-refractivity contribution >= 4 is 17.5 Å². The van der Waals surface area contributed by atoms with Crippen molar-refractivity contribution in [3.05, 3.63) is 109 Å². The third kappa shape index (κ3) is 13.8. The van der Waals surface area contributed by atoms with Crippen molar-refractivity contribution in [3.8, 4) is 22.3 Å². The summed E-state index contributed by atoms with van der Waals surface area (Å²) in [6.45, 7) is 6.39. The number of carbonyl (C=O) groups excluding carboxylic acids is 1. The van der Waals surface area contributed by atoms with Crippen LogP contribution in [0.3, 0.4) is 0 Å². The van der Waals surface area contributed by atoms with Gasteiger partial charge in [0.15, 0.2) is 0 Å². The lowest BCUT2D eigenvalue weighted by molar-refractivity contribution is -0.130. The number of piperidine rings is 2. The van der Waals surface area contributed by atoms with E-state index in [0.717, 1.165) is 92.0 Å². The molecule has 0 bridgehead atoms. The molecule has 0 radical (unpaired) electrons. The minimum Gasteiger partial charge on any atom is -0.446 e. The Bertz CT molecular complexity index is 1690. The highest BCUT2D eigenvalue weighted by Gasteiger charge is 2.24. The number of hydrogen-bond donors (Lipinski definition) is 3. The maximum absolute atomic E-state index is 12.7. The summed E-state index contributed by atoms with van der Waals surface area (Å²) in [5.74, 6) is 0. The predicted molar refractivity (Wildman–Crippen MR) is 230 cm³/mol. The Morgan fingerprint density at radius 3 is 1.48 bits per heavy atom. The molecule has 1 unspecified atom stereocenters. The molecule has 1 amide bonds. The first-order chi connectivity index (χ1) is 27.6. The Kier molecular flexibility index (Phi) is 17.1. The first-order valence-corrected chi connectivity index (χ1v) is 21.4. The average Bonchev–Trinajstić information content (AvgIpc) is 3.23. The number of ether oxygens (including phenoxy) is 2. The van der Waals surface area contributed by atoms with Crippen LogP contribution in [-0.4, -0.2) is 78.9 Å². The number of nitrogens with one attached hydrogen (secondary N) is 2. The van der Waals surface area contributed by atoms with Crippen LogP contribution in [0.2, 0.25) is 0 Å². The molecule has 1 atom stereocenters.